The summed E-state index contributed by atoms with van der Waals surface area (Å²) in [7, 11) is 0. The topological polar surface area (TPSA) is 48.5 Å². The Morgan fingerprint density at radius 1 is 1.21 bits per heavy atom. The molecule has 7 heteroatoms. The van der Waals surface area contributed by atoms with Gasteiger partial charge in [0.2, 0.25) is 5.91 Å². The third-order valence-electron chi connectivity index (χ3n) is 5.61. The third-order valence-corrected chi connectivity index (χ3v) is 6.56. The molecule has 0 aliphatic carbocycles. The molecule has 2 atom stereocenters. The van der Waals surface area contributed by atoms with Crippen LogP contribution in [0.1, 0.15) is 25.5 Å². The molecule has 5 nitrogen and oxygen atoms in total. The maximum atomic E-state index is 12.8. The molecule has 0 bridgehead atoms. The number of hydrogen-bond acceptors (Lipinski definition) is 5. The average molecular weight is 421 g/mol. The van der Waals surface area contributed by atoms with Gasteiger partial charge in [-0.2, -0.15) is 0 Å². The van der Waals surface area contributed by atoms with Crippen LogP contribution in [0.25, 0.3) is 10.6 Å². The largest absolute Gasteiger partial charge is 0.340 e. The second kappa shape index (κ2) is 9.83. The Labute approximate surface area is 177 Å². The van der Waals surface area contributed by atoms with Gasteiger partial charge in [-0.15, -0.1) is 23.7 Å². The molecule has 0 radical (unpaired) electrons. The highest BCUT2D eigenvalue weighted by molar-refractivity contribution is 7.13. The van der Waals surface area contributed by atoms with Crippen LogP contribution in [0.4, 0.5) is 0 Å². The Hall–Kier alpha value is -1.47. The summed E-state index contributed by atoms with van der Waals surface area (Å²) < 4.78 is 0. The Balaban J connectivity index is 0.00000225. The van der Waals surface area contributed by atoms with E-state index in [2.05, 4.69) is 51.7 Å². The van der Waals surface area contributed by atoms with Crippen molar-refractivity contribution in [2.45, 2.75) is 32.4 Å². The SMILES string of the molecule is C[C@H]1C[C@@H](C(=O)N2CCN(Cc3csc(-c4ccccc4)n3)CC2)CCN1.Cl. The molecule has 2 fully saturated rings. The number of piperidine rings is 1. The van der Waals surface area contributed by atoms with Crippen LogP contribution in [0.2, 0.25) is 0 Å². The Kier molecular flexibility index (Phi) is 7.46. The lowest BCUT2D eigenvalue weighted by atomic mass is 9.92. The average Bonchev–Trinajstić information content (AvgIpc) is 3.17. The molecule has 1 aromatic carbocycles. The number of aromatic nitrogens is 1. The molecule has 0 spiro atoms. The minimum atomic E-state index is 0. The summed E-state index contributed by atoms with van der Waals surface area (Å²) in [6.07, 6.45) is 1.95. The summed E-state index contributed by atoms with van der Waals surface area (Å²) in [5.41, 5.74) is 2.31. The number of carbonyl (C=O) groups is 1. The van der Waals surface area contributed by atoms with Crippen molar-refractivity contribution < 1.29 is 4.79 Å². The number of hydrogen-bond donors (Lipinski definition) is 1. The molecule has 1 aromatic heterocycles. The van der Waals surface area contributed by atoms with Crippen LogP contribution in [0.3, 0.4) is 0 Å². The summed E-state index contributed by atoms with van der Waals surface area (Å²) in [5, 5.41) is 6.68. The van der Waals surface area contributed by atoms with Crippen molar-refractivity contribution in [1.82, 2.24) is 20.1 Å². The fraction of sp³-hybridized carbons (Fsp3) is 0.524. The molecule has 2 saturated heterocycles. The standard InChI is InChI=1S/C21H28N4OS.ClH/c1-16-13-18(7-8-22-16)21(26)25-11-9-24(10-12-25)14-19-15-27-20(23-19)17-5-3-2-4-6-17;/h2-6,15-16,18,22H,7-14H2,1H3;1H/t16-,18-;/m0./s1. The first kappa shape index (κ1) is 21.2. The number of piperazine rings is 1. The number of rotatable bonds is 4. The van der Waals surface area contributed by atoms with Crippen molar-refractivity contribution in [2.24, 2.45) is 5.92 Å². The van der Waals surface area contributed by atoms with Gasteiger partial charge in [0.25, 0.3) is 0 Å². The lowest BCUT2D eigenvalue weighted by Gasteiger charge is -2.37. The molecule has 1 N–H and O–H groups in total. The Bertz CT molecular complexity index is 761. The van der Waals surface area contributed by atoms with Crippen molar-refractivity contribution in [3.05, 3.63) is 41.4 Å². The summed E-state index contributed by atoms with van der Waals surface area (Å²) in [6, 6.07) is 10.8. The van der Waals surface area contributed by atoms with E-state index in [0.717, 1.165) is 62.8 Å². The number of nitrogens with zero attached hydrogens (tertiary/aromatic N) is 3. The first-order valence-corrected chi connectivity index (χ1v) is 10.8. The van der Waals surface area contributed by atoms with Crippen molar-refractivity contribution in [3.63, 3.8) is 0 Å². The van der Waals surface area contributed by atoms with E-state index < -0.39 is 0 Å². The van der Waals surface area contributed by atoms with E-state index in [1.54, 1.807) is 11.3 Å². The van der Waals surface area contributed by atoms with Crippen molar-refractivity contribution >= 4 is 29.7 Å². The van der Waals surface area contributed by atoms with E-state index in [-0.39, 0.29) is 18.3 Å². The molecule has 0 unspecified atom stereocenters. The normalized spacial score (nSPS) is 23.2. The molecule has 4 rings (SSSR count). The predicted molar refractivity (Wildman–Crippen MR) is 117 cm³/mol. The predicted octanol–water partition coefficient (Wildman–Crippen LogP) is 3.26. The van der Waals surface area contributed by atoms with E-state index in [9.17, 15) is 4.79 Å². The van der Waals surface area contributed by atoms with E-state index in [0.29, 0.717) is 11.9 Å². The first-order chi connectivity index (χ1) is 13.2. The van der Waals surface area contributed by atoms with Crippen LogP contribution >= 0.6 is 23.7 Å². The van der Waals surface area contributed by atoms with Gasteiger partial charge >= 0.3 is 0 Å². The number of carbonyl (C=O) groups excluding carboxylic acids is 1. The Morgan fingerprint density at radius 2 is 1.96 bits per heavy atom. The zero-order chi connectivity index (χ0) is 18.6. The van der Waals surface area contributed by atoms with Gasteiger partial charge < -0.3 is 10.2 Å². The number of amides is 1. The summed E-state index contributed by atoms with van der Waals surface area (Å²) in [5.74, 6) is 0.572. The summed E-state index contributed by atoms with van der Waals surface area (Å²) in [4.78, 5) is 22.1. The molecule has 1 amide bonds. The lowest BCUT2D eigenvalue weighted by molar-refractivity contribution is -0.138. The van der Waals surface area contributed by atoms with E-state index >= 15 is 0 Å². The van der Waals surface area contributed by atoms with Crippen LogP contribution < -0.4 is 5.32 Å². The smallest absolute Gasteiger partial charge is 0.225 e. The van der Waals surface area contributed by atoms with Crippen LogP contribution in [-0.2, 0) is 11.3 Å². The fourth-order valence-corrected chi connectivity index (χ4v) is 4.88. The van der Waals surface area contributed by atoms with Gasteiger partial charge in [0.1, 0.15) is 5.01 Å². The maximum absolute atomic E-state index is 12.8. The first-order valence-electron chi connectivity index (χ1n) is 9.93. The number of nitrogens with one attached hydrogen (secondary N) is 1. The number of benzene rings is 1. The van der Waals surface area contributed by atoms with Gasteiger partial charge in [-0.1, -0.05) is 30.3 Å². The van der Waals surface area contributed by atoms with Crippen LogP contribution in [0, 0.1) is 5.92 Å². The molecule has 2 aromatic rings. The van der Waals surface area contributed by atoms with Crippen molar-refractivity contribution in [3.8, 4) is 10.6 Å². The van der Waals surface area contributed by atoms with E-state index in [4.69, 9.17) is 4.98 Å². The zero-order valence-corrected chi connectivity index (χ0v) is 18.0. The molecular weight excluding hydrogens is 392 g/mol. The monoisotopic (exact) mass is 420 g/mol. The molecule has 2 aliphatic heterocycles. The van der Waals surface area contributed by atoms with Gasteiger partial charge in [-0.05, 0) is 26.3 Å². The van der Waals surface area contributed by atoms with Crippen molar-refractivity contribution in [1.29, 1.82) is 0 Å². The van der Waals surface area contributed by atoms with Gasteiger partial charge in [-0.25, -0.2) is 4.98 Å². The van der Waals surface area contributed by atoms with Crippen molar-refractivity contribution in [2.75, 3.05) is 32.7 Å². The third kappa shape index (κ3) is 5.11. The van der Waals surface area contributed by atoms with Gasteiger partial charge in [0.15, 0.2) is 0 Å². The number of halogens is 1. The molecule has 2 aliphatic rings. The second-order valence-electron chi connectivity index (χ2n) is 7.69. The van der Waals surface area contributed by atoms with Gasteiger partial charge in [0, 0.05) is 55.6 Å². The number of thiazole rings is 1. The van der Waals surface area contributed by atoms with E-state index in [1.807, 2.05) is 6.07 Å². The summed E-state index contributed by atoms with van der Waals surface area (Å²) in [6.45, 7) is 7.56. The Morgan fingerprint density at radius 3 is 2.68 bits per heavy atom. The molecule has 0 saturated carbocycles. The van der Waals surface area contributed by atoms with Gasteiger partial charge in [-0.3, -0.25) is 9.69 Å². The van der Waals surface area contributed by atoms with E-state index in [1.165, 1.54) is 5.56 Å². The minimum Gasteiger partial charge on any atom is -0.340 e. The molecular formula is C21H29ClN4OS. The maximum Gasteiger partial charge on any atom is 0.225 e. The zero-order valence-electron chi connectivity index (χ0n) is 16.3. The van der Waals surface area contributed by atoms with Crippen LogP contribution in [0.5, 0.6) is 0 Å². The second-order valence-corrected chi connectivity index (χ2v) is 8.55. The highest BCUT2D eigenvalue weighted by Gasteiger charge is 2.30. The molecule has 152 valence electrons. The molecule has 28 heavy (non-hydrogen) atoms. The quantitative estimate of drug-likeness (QED) is 0.824. The molecule has 3 heterocycles. The summed E-state index contributed by atoms with van der Waals surface area (Å²) >= 11 is 1.71. The minimum absolute atomic E-state index is 0. The highest BCUT2D eigenvalue weighted by atomic mass is 35.5. The van der Waals surface area contributed by atoms with Crippen LogP contribution in [0.15, 0.2) is 35.7 Å². The van der Waals surface area contributed by atoms with Gasteiger partial charge in [0.05, 0.1) is 5.69 Å². The highest BCUT2D eigenvalue weighted by Crippen LogP contribution is 2.24. The fourth-order valence-electron chi connectivity index (χ4n) is 4.06. The van der Waals surface area contributed by atoms with Crippen LogP contribution in [-0.4, -0.2) is 59.5 Å². The lowest BCUT2D eigenvalue weighted by Crippen LogP contribution is -2.51.